The van der Waals surface area contributed by atoms with Crippen LogP contribution in [-0.2, 0) is 0 Å². The second-order valence-corrected chi connectivity index (χ2v) is 6.51. The minimum Gasteiger partial charge on any atom is -0.390 e. The molecular formula is C15H27FO. The Morgan fingerprint density at radius 3 is 2.41 bits per heavy atom. The molecule has 2 fully saturated rings. The van der Waals surface area contributed by atoms with E-state index in [1.807, 2.05) is 0 Å². The molecule has 0 aromatic heterocycles. The summed E-state index contributed by atoms with van der Waals surface area (Å²) in [6, 6.07) is 0. The predicted molar refractivity (Wildman–Crippen MR) is 68.6 cm³/mol. The number of aliphatic hydroxyl groups is 1. The standard InChI is InChI=1S/C15H27FO/c1-3-12-5-8-15(17,9-6-12)7-4-11(2)13-10-14(13)16/h11-14,17H,3-10H2,1-2H3/t11?,12-,13?,14?,15+. The van der Waals surface area contributed by atoms with Gasteiger partial charge in [-0.2, -0.15) is 0 Å². The summed E-state index contributed by atoms with van der Waals surface area (Å²) in [6.07, 6.45) is 7.62. The van der Waals surface area contributed by atoms with Gasteiger partial charge in [-0.05, 0) is 62.7 Å². The number of halogens is 1. The van der Waals surface area contributed by atoms with Crippen LogP contribution in [0, 0.1) is 17.8 Å². The Balaban J connectivity index is 1.71. The molecule has 2 aliphatic carbocycles. The van der Waals surface area contributed by atoms with E-state index in [4.69, 9.17) is 0 Å². The summed E-state index contributed by atoms with van der Waals surface area (Å²) in [6.45, 7) is 4.39. The maximum Gasteiger partial charge on any atom is 0.104 e. The van der Waals surface area contributed by atoms with Crippen molar-refractivity contribution < 1.29 is 9.50 Å². The van der Waals surface area contributed by atoms with Gasteiger partial charge in [0.1, 0.15) is 6.17 Å². The van der Waals surface area contributed by atoms with E-state index in [0.717, 1.165) is 38.0 Å². The molecule has 0 amide bonds. The molecule has 3 atom stereocenters. The Kier molecular flexibility index (Phi) is 4.12. The summed E-state index contributed by atoms with van der Waals surface area (Å²) < 4.78 is 12.9. The molecular weight excluding hydrogens is 215 g/mol. The zero-order valence-electron chi connectivity index (χ0n) is 11.3. The first kappa shape index (κ1) is 13.3. The van der Waals surface area contributed by atoms with Crippen molar-refractivity contribution in [1.82, 2.24) is 0 Å². The fraction of sp³-hybridized carbons (Fsp3) is 1.00. The second kappa shape index (κ2) is 5.26. The van der Waals surface area contributed by atoms with Gasteiger partial charge in [0.2, 0.25) is 0 Å². The van der Waals surface area contributed by atoms with Crippen LogP contribution in [0.2, 0.25) is 0 Å². The Morgan fingerprint density at radius 2 is 1.94 bits per heavy atom. The van der Waals surface area contributed by atoms with Crippen molar-refractivity contribution in [3.63, 3.8) is 0 Å². The predicted octanol–water partition coefficient (Wildman–Crippen LogP) is 4.09. The van der Waals surface area contributed by atoms with E-state index in [9.17, 15) is 9.50 Å². The van der Waals surface area contributed by atoms with Crippen molar-refractivity contribution in [3.8, 4) is 0 Å². The first-order valence-corrected chi connectivity index (χ1v) is 7.40. The van der Waals surface area contributed by atoms with Crippen LogP contribution in [0.4, 0.5) is 4.39 Å². The smallest absolute Gasteiger partial charge is 0.104 e. The normalized spacial score (nSPS) is 43.4. The molecule has 0 heterocycles. The van der Waals surface area contributed by atoms with Crippen molar-refractivity contribution in [2.45, 2.75) is 77.0 Å². The largest absolute Gasteiger partial charge is 0.390 e. The zero-order chi connectivity index (χ0) is 12.5. The van der Waals surface area contributed by atoms with E-state index >= 15 is 0 Å². The SMILES string of the molecule is CC[C@H]1CC[C@](O)(CCC(C)C2CC2F)CC1. The lowest BCUT2D eigenvalue weighted by Crippen LogP contribution is -2.34. The lowest BCUT2D eigenvalue weighted by Gasteiger charge is -2.36. The average Bonchev–Trinajstić information content (AvgIpc) is 3.05. The summed E-state index contributed by atoms with van der Waals surface area (Å²) in [5, 5.41) is 10.5. The molecule has 17 heavy (non-hydrogen) atoms. The van der Waals surface area contributed by atoms with Gasteiger partial charge in [-0.1, -0.05) is 20.3 Å². The maximum atomic E-state index is 12.9. The summed E-state index contributed by atoms with van der Waals surface area (Å²) >= 11 is 0. The van der Waals surface area contributed by atoms with Crippen LogP contribution in [0.3, 0.4) is 0 Å². The molecule has 1 N–H and O–H groups in total. The summed E-state index contributed by atoms with van der Waals surface area (Å²) in [5.41, 5.74) is -0.430. The minimum atomic E-state index is -0.546. The fourth-order valence-electron chi connectivity index (χ4n) is 3.35. The lowest BCUT2D eigenvalue weighted by molar-refractivity contribution is -0.0218. The maximum absolute atomic E-state index is 12.9. The molecule has 0 spiro atoms. The summed E-state index contributed by atoms with van der Waals surface area (Å²) in [5.74, 6) is 1.58. The van der Waals surface area contributed by atoms with Crippen molar-refractivity contribution in [3.05, 3.63) is 0 Å². The van der Waals surface area contributed by atoms with Gasteiger partial charge in [-0.25, -0.2) is 4.39 Å². The molecule has 2 heteroatoms. The van der Waals surface area contributed by atoms with Crippen molar-refractivity contribution >= 4 is 0 Å². The Morgan fingerprint density at radius 1 is 1.35 bits per heavy atom. The third-order valence-electron chi connectivity index (χ3n) is 5.17. The van der Waals surface area contributed by atoms with Crippen LogP contribution in [0.5, 0.6) is 0 Å². The van der Waals surface area contributed by atoms with Gasteiger partial charge in [0.25, 0.3) is 0 Å². The molecule has 0 aromatic carbocycles. The summed E-state index contributed by atoms with van der Waals surface area (Å²) in [7, 11) is 0. The van der Waals surface area contributed by atoms with Crippen LogP contribution in [0.1, 0.15) is 65.2 Å². The molecule has 0 saturated heterocycles. The van der Waals surface area contributed by atoms with Crippen LogP contribution >= 0.6 is 0 Å². The Bertz CT molecular complexity index is 245. The van der Waals surface area contributed by atoms with E-state index in [1.165, 1.54) is 19.3 Å². The van der Waals surface area contributed by atoms with Crippen molar-refractivity contribution in [2.24, 2.45) is 17.8 Å². The number of hydrogen-bond donors (Lipinski definition) is 1. The molecule has 0 aromatic rings. The van der Waals surface area contributed by atoms with E-state index in [1.54, 1.807) is 0 Å². The van der Waals surface area contributed by atoms with E-state index in [-0.39, 0.29) is 0 Å². The molecule has 2 aliphatic rings. The van der Waals surface area contributed by atoms with Gasteiger partial charge >= 0.3 is 0 Å². The highest BCUT2D eigenvalue weighted by Crippen LogP contribution is 2.44. The lowest BCUT2D eigenvalue weighted by atomic mass is 9.75. The molecule has 0 radical (unpaired) electrons. The number of alkyl halides is 1. The quantitative estimate of drug-likeness (QED) is 0.769. The third kappa shape index (κ3) is 3.43. The molecule has 3 unspecified atom stereocenters. The van der Waals surface area contributed by atoms with Gasteiger partial charge < -0.3 is 5.11 Å². The van der Waals surface area contributed by atoms with Gasteiger partial charge in [-0.15, -0.1) is 0 Å². The second-order valence-electron chi connectivity index (χ2n) is 6.51. The Hall–Kier alpha value is -0.110. The van der Waals surface area contributed by atoms with Gasteiger partial charge in [-0.3, -0.25) is 0 Å². The average molecular weight is 242 g/mol. The third-order valence-corrected chi connectivity index (χ3v) is 5.17. The monoisotopic (exact) mass is 242 g/mol. The van der Waals surface area contributed by atoms with E-state index in [0.29, 0.717) is 11.8 Å². The topological polar surface area (TPSA) is 20.2 Å². The van der Waals surface area contributed by atoms with Crippen LogP contribution in [0.15, 0.2) is 0 Å². The van der Waals surface area contributed by atoms with Gasteiger partial charge in [0.15, 0.2) is 0 Å². The van der Waals surface area contributed by atoms with Gasteiger partial charge in [0, 0.05) is 0 Å². The molecule has 0 bridgehead atoms. The first-order valence-electron chi connectivity index (χ1n) is 7.40. The zero-order valence-corrected chi connectivity index (χ0v) is 11.3. The van der Waals surface area contributed by atoms with E-state index in [2.05, 4.69) is 13.8 Å². The molecule has 0 aliphatic heterocycles. The minimum absolute atomic E-state index is 0.297. The van der Waals surface area contributed by atoms with E-state index < -0.39 is 11.8 Å². The van der Waals surface area contributed by atoms with Crippen molar-refractivity contribution in [2.75, 3.05) is 0 Å². The van der Waals surface area contributed by atoms with Gasteiger partial charge in [0.05, 0.1) is 5.60 Å². The van der Waals surface area contributed by atoms with Crippen LogP contribution in [0.25, 0.3) is 0 Å². The molecule has 2 saturated carbocycles. The van der Waals surface area contributed by atoms with Crippen LogP contribution < -0.4 is 0 Å². The van der Waals surface area contributed by atoms with Crippen molar-refractivity contribution in [1.29, 1.82) is 0 Å². The number of hydrogen-bond acceptors (Lipinski definition) is 1. The molecule has 2 rings (SSSR count). The molecule has 1 nitrogen and oxygen atoms in total. The number of rotatable bonds is 5. The summed E-state index contributed by atoms with van der Waals surface area (Å²) in [4.78, 5) is 0. The fourth-order valence-corrected chi connectivity index (χ4v) is 3.35. The highest BCUT2D eigenvalue weighted by atomic mass is 19.1. The molecule has 100 valence electrons. The Labute approximate surface area is 105 Å². The first-order chi connectivity index (χ1) is 8.04. The highest BCUT2D eigenvalue weighted by molar-refractivity contribution is 4.92. The highest BCUT2D eigenvalue weighted by Gasteiger charge is 2.42. The van der Waals surface area contributed by atoms with Crippen LogP contribution in [-0.4, -0.2) is 16.9 Å².